The van der Waals surface area contributed by atoms with Gasteiger partial charge in [0.1, 0.15) is 0 Å². The first-order valence-electron chi connectivity index (χ1n) is 7.58. The van der Waals surface area contributed by atoms with Crippen LogP contribution >= 0.6 is 0 Å². The summed E-state index contributed by atoms with van der Waals surface area (Å²) in [5.74, 6) is 0. The van der Waals surface area contributed by atoms with E-state index in [9.17, 15) is 0 Å². The molecule has 0 radical (unpaired) electrons. The van der Waals surface area contributed by atoms with Crippen molar-refractivity contribution >= 4 is 5.71 Å². The first kappa shape index (κ1) is 13.6. The Kier molecular flexibility index (Phi) is 4.33. The molecule has 20 heavy (non-hydrogen) atoms. The van der Waals surface area contributed by atoms with Crippen molar-refractivity contribution in [1.82, 2.24) is 9.80 Å². The SMILES string of the molecule is O/N=C1\CCC[C@H]1N1CCN(Cc2ccccc2)CC1. The van der Waals surface area contributed by atoms with Crippen LogP contribution in [0.2, 0.25) is 0 Å². The van der Waals surface area contributed by atoms with Crippen LogP contribution in [0.3, 0.4) is 0 Å². The van der Waals surface area contributed by atoms with Gasteiger partial charge >= 0.3 is 0 Å². The third-order valence-corrected chi connectivity index (χ3v) is 4.52. The van der Waals surface area contributed by atoms with Gasteiger partial charge in [0.2, 0.25) is 0 Å². The van der Waals surface area contributed by atoms with Crippen molar-refractivity contribution in [3.05, 3.63) is 35.9 Å². The molecule has 1 saturated carbocycles. The number of benzene rings is 1. The van der Waals surface area contributed by atoms with Gasteiger partial charge in [0.15, 0.2) is 0 Å². The molecule has 1 saturated heterocycles. The fraction of sp³-hybridized carbons (Fsp3) is 0.562. The largest absolute Gasteiger partial charge is 0.411 e. The molecule has 0 bridgehead atoms. The minimum absolute atomic E-state index is 0.388. The van der Waals surface area contributed by atoms with Crippen LogP contribution < -0.4 is 0 Å². The van der Waals surface area contributed by atoms with Gasteiger partial charge in [-0.3, -0.25) is 9.80 Å². The number of hydrogen-bond donors (Lipinski definition) is 1. The van der Waals surface area contributed by atoms with Gasteiger partial charge in [-0.2, -0.15) is 0 Å². The molecule has 1 aromatic carbocycles. The second-order valence-corrected chi connectivity index (χ2v) is 5.80. The molecule has 1 aliphatic carbocycles. The Labute approximate surface area is 120 Å². The van der Waals surface area contributed by atoms with Crippen LogP contribution in [-0.2, 0) is 6.54 Å². The van der Waals surface area contributed by atoms with Gasteiger partial charge in [0, 0.05) is 32.7 Å². The van der Waals surface area contributed by atoms with Crippen molar-refractivity contribution < 1.29 is 5.21 Å². The minimum atomic E-state index is 0.388. The second kappa shape index (κ2) is 6.37. The molecule has 3 rings (SSSR count). The summed E-state index contributed by atoms with van der Waals surface area (Å²) >= 11 is 0. The molecule has 0 spiro atoms. The maximum Gasteiger partial charge on any atom is 0.0742 e. The highest BCUT2D eigenvalue weighted by Crippen LogP contribution is 2.23. The fourth-order valence-corrected chi connectivity index (χ4v) is 3.39. The van der Waals surface area contributed by atoms with Crippen molar-refractivity contribution in [2.45, 2.75) is 31.8 Å². The monoisotopic (exact) mass is 273 g/mol. The lowest BCUT2D eigenvalue weighted by Crippen LogP contribution is -2.51. The van der Waals surface area contributed by atoms with E-state index in [-0.39, 0.29) is 0 Å². The van der Waals surface area contributed by atoms with Crippen molar-refractivity contribution in [1.29, 1.82) is 0 Å². The molecule has 0 amide bonds. The maximum atomic E-state index is 9.06. The highest BCUT2D eigenvalue weighted by molar-refractivity contribution is 5.90. The number of oxime groups is 1. The van der Waals surface area contributed by atoms with Crippen LogP contribution in [0.5, 0.6) is 0 Å². The highest BCUT2D eigenvalue weighted by Gasteiger charge is 2.31. The predicted molar refractivity (Wildman–Crippen MR) is 80.2 cm³/mol. The normalized spacial score (nSPS) is 27.2. The van der Waals surface area contributed by atoms with Crippen molar-refractivity contribution in [3.63, 3.8) is 0 Å². The first-order valence-corrected chi connectivity index (χ1v) is 7.58. The number of rotatable bonds is 3. The van der Waals surface area contributed by atoms with E-state index in [1.165, 1.54) is 5.56 Å². The van der Waals surface area contributed by atoms with E-state index < -0.39 is 0 Å². The van der Waals surface area contributed by atoms with Crippen LogP contribution in [0.1, 0.15) is 24.8 Å². The molecule has 4 nitrogen and oxygen atoms in total. The summed E-state index contributed by atoms with van der Waals surface area (Å²) in [5.41, 5.74) is 2.38. The van der Waals surface area contributed by atoms with Crippen LogP contribution in [0.25, 0.3) is 0 Å². The van der Waals surface area contributed by atoms with Crippen molar-refractivity contribution in [2.75, 3.05) is 26.2 Å². The fourth-order valence-electron chi connectivity index (χ4n) is 3.39. The topological polar surface area (TPSA) is 39.1 Å². The number of hydrogen-bond acceptors (Lipinski definition) is 4. The average Bonchev–Trinajstić information content (AvgIpc) is 2.98. The molecular weight excluding hydrogens is 250 g/mol. The maximum absolute atomic E-state index is 9.06. The third kappa shape index (κ3) is 3.02. The Morgan fingerprint density at radius 3 is 2.55 bits per heavy atom. The van der Waals surface area contributed by atoms with Crippen LogP contribution in [-0.4, -0.2) is 52.9 Å². The van der Waals surface area contributed by atoms with E-state index in [1.54, 1.807) is 0 Å². The summed E-state index contributed by atoms with van der Waals surface area (Å²) in [4.78, 5) is 5.00. The second-order valence-electron chi connectivity index (χ2n) is 5.80. The van der Waals surface area contributed by atoms with Gasteiger partial charge in [-0.1, -0.05) is 35.5 Å². The number of piperazine rings is 1. The third-order valence-electron chi connectivity index (χ3n) is 4.52. The number of nitrogens with zero attached hydrogens (tertiary/aromatic N) is 3. The zero-order valence-corrected chi connectivity index (χ0v) is 11.9. The summed E-state index contributed by atoms with van der Waals surface area (Å²) in [6.07, 6.45) is 3.28. The minimum Gasteiger partial charge on any atom is -0.411 e. The van der Waals surface area contributed by atoms with Gasteiger partial charge in [-0.15, -0.1) is 0 Å². The zero-order valence-electron chi connectivity index (χ0n) is 11.9. The standard InChI is InChI=1S/C16H23N3O/c20-17-15-7-4-8-16(15)19-11-9-18(10-12-19)13-14-5-2-1-3-6-14/h1-3,5-6,16,20H,4,7-13H2/b17-15+/t16-/m1/s1. The Morgan fingerprint density at radius 1 is 1.10 bits per heavy atom. The summed E-state index contributed by atoms with van der Waals surface area (Å²) < 4.78 is 0. The molecule has 1 aliphatic heterocycles. The van der Waals surface area contributed by atoms with Crippen LogP contribution in [0.15, 0.2) is 35.5 Å². The Morgan fingerprint density at radius 2 is 1.85 bits per heavy atom. The van der Waals surface area contributed by atoms with E-state index in [0.29, 0.717) is 6.04 Å². The van der Waals surface area contributed by atoms with Crippen LogP contribution in [0, 0.1) is 0 Å². The molecule has 108 valence electrons. The van der Waals surface area contributed by atoms with E-state index in [0.717, 1.165) is 57.7 Å². The molecule has 0 unspecified atom stereocenters. The van der Waals surface area contributed by atoms with E-state index in [2.05, 4.69) is 45.3 Å². The molecule has 2 aliphatic rings. The van der Waals surface area contributed by atoms with Crippen LogP contribution in [0.4, 0.5) is 0 Å². The van der Waals surface area contributed by atoms with Gasteiger partial charge < -0.3 is 5.21 Å². The zero-order chi connectivity index (χ0) is 13.8. The molecule has 4 heteroatoms. The lowest BCUT2D eigenvalue weighted by Gasteiger charge is -2.38. The molecule has 2 fully saturated rings. The van der Waals surface area contributed by atoms with Gasteiger partial charge in [0.05, 0.1) is 11.8 Å². The Hall–Kier alpha value is -1.39. The Bertz CT molecular complexity index is 452. The smallest absolute Gasteiger partial charge is 0.0742 e. The first-order chi connectivity index (χ1) is 9.86. The molecule has 1 N–H and O–H groups in total. The molecule has 1 aromatic rings. The van der Waals surface area contributed by atoms with E-state index in [1.807, 2.05) is 0 Å². The summed E-state index contributed by atoms with van der Waals surface area (Å²) in [7, 11) is 0. The van der Waals surface area contributed by atoms with Crippen molar-refractivity contribution in [3.8, 4) is 0 Å². The molecule has 0 aromatic heterocycles. The molecule has 1 atom stereocenters. The predicted octanol–water partition coefficient (Wildman–Crippen LogP) is 2.19. The Balaban J connectivity index is 1.52. The van der Waals surface area contributed by atoms with Gasteiger partial charge in [0.25, 0.3) is 0 Å². The van der Waals surface area contributed by atoms with Crippen molar-refractivity contribution in [2.24, 2.45) is 5.16 Å². The average molecular weight is 273 g/mol. The lowest BCUT2D eigenvalue weighted by atomic mass is 10.1. The van der Waals surface area contributed by atoms with Gasteiger partial charge in [-0.05, 0) is 24.8 Å². The quantitative estimate of drug-likeness (QED) is 0.678. The van der Waals surface area contributed by atoms with Gasteiger partial charge in [-0.25, -0.2) is 0 Å². The summed E-state index contributed by atoms with van der Waals surface area (Å²) in [6.45, 7) is 5.40. The highest BCUT2D eigenvalue weighted by atomic mass is 16.4. The summed E-state index contributed by atoms with van der Waals surface area (Å²) in [5, 5.41) is 12.6. The van der Waals surface area contributed by atoms with E-state index >= 15 is 0 Å². The lowest BCUT2D eigenvalue weighted by molar-refractivity contribution is 0.112. The molecular formula is C16H23N3O. The van der Waals surface area contributed by atoms with E-state index in [4.69, 9.17) is 5.21 Å². The summed E-state index contributed by atoms with van der Waals surface area (Å²) in [6, 6.07) is 11.1. The molecule has 1 heterocycles.